The van der Waals surface area contributed by atoms with E-state index in [0.29, 0.717) is 11.8 Å². The maximum atomic E-state index is 7.60. The van der Waals surface area contributed by atoms with Crippen LogP contribution in [0, 0.1) is 17.4 Å². The molecular formula is C11H22N4P+. The fraction of sp³-hybridized carbons (Fsp3) is 0.727. The summed E-state index contributed by atoms with van der Waals surface area (Å²) in [6, 6.07) is 0. The second-order valence-corrected chi connectivity index (χ2v) is 8.22. The Hall–Kier alpha value is -0.760. The summed E-state index contributed by atoms with van der Waals surface area (Å²) in [5, 5.41) is 0. The van der Waals surface area contributed by atoms with Crippen molar-refractivity contribution in [1.29, 1.82) is 5.53 Å². The second-order valence-electron chi connectivity index (χ2n) is 5.07. The van der Waals surface area contributed by atoms with Gasteiger partial charge in [-0.3, -0.25) is 0 Å². The predicted octanol–water partition coefficient (Wildman–Crippen LogP) is 3.92. The average Bonchev–Trinajstić information content (AvgIpc) is 2.68. The number of imidazole rings is 1. The average molecular weight is 241 g/mol. The maximum Gasteiger partial charge on any atom is 0.253 e. The smallest absolute Gasteiger partial charge is 0.241 e. The zero-order valence-electron chi connectivity index (χ0n) is 10.6. The lowest BCUT2D eigenvalue weighted by atomic mass is 10.3. The van der Waals surface area contributed by atoms with Gasteiger partial charge in [0, 0.05) is 6.20 Å². The molecule has 0 aliphatic carbocycles. The van der Waals surface area contributed by atoms with Gasteiger partial charge in [0.2, 0.25) is 0 Å². The monoisotopic (exact) mass is 241 g/mol. The maximum absolute atomic E-state index is 7.60. The molecule has 0 spiro atoms. The molecule has 1 rings (SSSR count). The van der Waals surface area contributed by atoms with Crippen molar-refractivity contribution >= 4 is 7.56 Å². The van der Waals surface area contributed by atoms with E-state index >= 15 is 0 Å². The van der Waals surface area contributed by atoms with E-state index in [1.54, 1.807) is 6.20 Å². The Morgan fingerprint density at radius 2 is 1.81 bits per heavy atom. The molecule has 0 unspecified atom stereocenters. The summed E-state index contributed by atoms with van der Waals surface area (Å²) in [5.41, 5.74) is 7.60. The molecular weight excluding hydrogens is 219 g/mol. The van der Waals surface area contributed by atoms with Crippen LogP contribution in [0.4, 0.5) is 0 Å². The lowest BCUT2D eigenvalue weighted by Gasteiger charge is -2.23. The van der Waals surface area contributed by atoms with Crippen LogP contribution in [0.3, 0.4) is 0 Å². The van der Waals surface area contributed by atoms with Gasteiger partial charge in [0.25, 0.3) is 7.56 Å². The summed E-state index contributed by atoms with van der Waals surface area (Å²) in [4.78, 5) is 8.12. The third kappa shape index (κ3) is 3.11. The first-order valence-electron chi connectivity index (χ1n) is 5.75. The zero-order chi connectivity index (χ0) is 12.2. The summed E-state index contributed by atoms with van der Waals surface area (Å²) in [6.45, 7) is 8.77. The fourth-order valence-electron chi connectivity index (χ4n) is 2.04. The minimum Gasteiger partial charge on any atom is -0.241 e. The highest BCUT2D eigenvalue weighted by molar-refractivity contribution is 7.72. The molecule has 0 aliphatic heterocycles. The van der Waals surface area contributed by atoms with Crippen molar-refractivity contribution in [2.24, 2.45) is 16.7 Å². The molecule has 0 fully saturated rings. The number of hydrogen-bond acceptors (Lipinski definition) is 3. The summed E-state index contributed by atoms with van der Waals surface area (Å²) >= 11 is 0. The number of nitrogens with zero attached hydrogens (tertiary/aromatic N) is 3. The van der Waals surface area contributed by atoms with Crippen LogP contribution in [0.15, 0.2) is 23.6 Å². The van der Waals surface area contributed by atoms with Gasteiger partial charge in [0.15, 0.2) is 0 Å². The fourth-order valence-corrected chi connectivity index (χ4v) is 5.73. The molecule has 1 heterocycles. The van der Waals surface area contributed by atoms with Crippen LogP contribution in [-0.2, 0) is 0 Å². The van der Waals surface area contributed by atoms with E-state index in [2.05, 4.69) is 41.9 Å². The van der Waals surface area contributed by atoms with Gasteiger partial charge < -0.3 is 0 Å². The Morgan fingerprint density at radius 3 is 2.12 bits per heavy atom. The van der Waals surface area contributed by atoms with E-state index < -0.39 is 7.56 Å². The van der Waals surface area contributed by atoms with Crippen molar-refractivity contribution in [3.63, 3.8) is 0 Å². The van der Waals surface area contributed by atoms with Gasteiger partial charge in [-0.1, -0.05) is 27.7 Å². The van der Waals surface area contributed by atoms with Crippen molar-refractivity contribution in [3.8, 4) is 0 Å². The van der Waals surface area contributed by atoms with E-state index in [0.717, 1.165) is 12.3 Å². The zero-order valence-corrected chi connectivity index (χ0v) is 11.5. The quantitative estimate of drug-likeness (QED) is 0.595. The summed E-state index contributed by atoms with van der Waals surface area (Å²) in [5.74, 6) is 1.12. The van der Waals surface area contributed by atoms with Crippen molar-refractivity contribution in [2.75, 3.05) is 12.3 Å². The van der Waals surface area contributed by atoms with Crippen molar-refractivity contribution in [2.45, 2.75) is 27.7 Å². The minimum absolute atomic E-state index is 0.559. The highest BCUT2D eigenvalue weighted by atomic mass is 31.2. The molecule has 90 valence electrons. The molecule has 5 heteroatoms. The van der Waals surface area contributed by atoms with Crippen LogP contribution in [0.25, 0.3) is 0 Å². The topological polar surface area (TPSA) is 54.0 Å². The molecule has 1 N–H and O–H groups in total. The molecule has 0 saturated heterocycles. The van der Waals surface area contributed by atoms with Gasteiger partial charge in [0.05, 0.1) is 6.20 Å². The normalized spacial score (nSPS) is 12.4. The SMILES string of the molecule is CC(C)C[P+](CC(C)C)(N=N)n1ccnc1. The van der Waals surface area contributed by atoms with E-state index in [4.69, 9.17) is 5.53 Å². The van der Waals surface area contributed by atoms with Crippen molar-refractivity contribution < 1.29 is 0 Å². The van der Waals surface area contributed by atoms with E-state index in [1.165, 1.54) is 0 Å². The Bertz CT molecular complexity index is 309. The molecule has 0 atom stereocenters. The lowest BCUT2D eigenvalue weighted by molar-refractivity contribution is 0.700. The molecule has 1 aromatic heterocycles. The van der Waals surface area contributed by atoms with Crippen LogP contribution in [0.1, 0.15) is 27.7 Å². The van der Waals surface area contributed by atoms with Gasteiger partial charge in [-0.25, -0.2) is 4.98 Å². The third-order valence-corrected chi connectivity index (χ3v) is 6.52. The van der Waals surface area contributed by atoms with Gasteiger partial charge >= 0.3 is 0 Å². The Balaban J connectivity index is 3.02. The molecule has 0 radical (unpaired) electrons. The number of hydrogen-bond donors (Lipinski definition) is 1. The van der Waals surface area contributed by atoms with Crippen LogP contribution in [0.2, 0.25) is 0 Å². The van der Waals surface area contributed by atoms with Crippen LogP contribution < -0.4 is 0 Å². The first-order chi connectivity index (χ1) is 7.50. The van der Waals surface area contributed by atoms with E-state index in [-0.39, 0.29) is 0 Å². The van der Waals surface area contributed by atoms with Crippen LogP contribution in [0.5, 0.6) is 0 Å². The molecule has 4 nitrogen and oxygen atoms in total. The van der Waals surface area contributed by atoms with Crippen molar-refractivity contribution in [3.05, 3.63) is 18.7 Å². The summed E-state index contributed by atoms with van der Waals surface area (Å²) in [7, 11) is -1.75. The summed E-state index contributed by atoms with van der Waals surface area (Å²) < 4.78 is 2.08. The lowest BCUT2D eigenvalue weighted by Crippen LogP contribution is -2.15. The van der Waals surface area contributed by atoms with Gasteiger partial charge in [-0.05, 0) is 16.7 Å². The Labute approximate surface area is 98.4 Å². The number of nitrogens with one attached hydrogen (secondary N) is 1. The molecule has 0 aliphatic rings. The number of aromatic nitrogens is 2. The molecule has 1 aromatic rings. The molecule has 0 saturated carbocycles. The first-order valence-corrected chi connectivity index (χ1v) is 7.81. The van der Waals surface area contributed by atoms with Gasteiger partial charge in [0.1, 0.15) is 18.7 Å². The van der Waals surface area contributed by atoms with Crippen LogP contribution in [-0.4, -0.2) is 21.6 Å². The van der Waals surface area contributed by atoms with Gasteiger partial charge in [-0.2, -0.15) is 9.87 Å². The molecule has 0 bridgehead atoms. The second kappa shape index (κ2) is 5.53. The summed E-state index contributed by atoms with van der Waals surface area (Å²) in [6.07, 6.45) is 7.53. The van der Waals surface area contributed by atoms with Crippen molar-refractivity contribution in [1.82, 2.24) is 9.32 Å². The van der Waals surface area contributed by atoms with E-state index in [9.17, 15) is 0 Å². The standard InChI is InChI=1S/C11H22N4P/c1-10(2)7-16(14-12,8-11(3)4)15-6-5-13-9-15/h5-6,9-12H,7-8H2,1-4H3/q+1. The number of rotatable bonds is 6. The first kappa shape index (κ1) is 13.3. The largest absolute Gasteiger partial charge is 0.253 e. The third-order valence-electron chi connectivity index (χ3n) is 2.42. The highest BCUT2D eigenvalue weighted by Crippen LogP contribution is 2.63. The van der Waals surface area contributed by atoms with Crippen LogP contribution >= 0.6 is 7.56 Å². The Morgan fingerprint density at radius 1 is 1.25 bits per heavy atom. The molecule has 0 amide bonds. The highest BCUT2D eigenvalue weighted by Gasteiger charge is 2.42. The van der Waals surface area contributed by atoms with Gasteiger partial charge in [-0.15, -0.1) is 0 Å². The molecule has 0 aromatic carbocycles. The molecule has 16 heavy (non-hydrogen) atoms. The predicted molar refractivity (Wildman–Crippen MR) is 69.1 cm³/mol. The van der Waals surface area contributed by atoms with E-state index in [1.807, 2.05) is 12.5 Å². The Kier molecular flexibility index (Phi) is 4.60. The minimum atomic E-state index is -1.75.